The van der Waals surface area contributed by atoms with Crippen LogP contribution in [0, 0.1) is 34.5 Å². The van der Waals surface area contributed by atoms with Crippen LogP contribution in [0.4, 0.5) is 0 Å². The van der Waals surface area contributed by atoms with Crippen molar-refractivity contribution < 1.29 is 9.47 Å². The summed E-state index contributed by atoms with van der Waals surface area (Å²) in [6.45, 7) is 6.66. The Morgan fingerprint density at radius 2 is 0.646 bits per heavy atom. The zero-order chi connectivity index (χ0) is 33.3. The van der Waals surface area contributed by atoms with Gasteiger partial charge in [-0.15, -0.1) is 0 Å². The third kappa shape index (κ3) is 12.6. The highest BCUT2D eigenvalue weighted by molar-refractivity contribution is 5.07. The maximum Gasteiger partial charge on any atom is 0.0575 e. The molecule has 5 aliphatic carbocycles. The molecule has 0 aromatic carbocycles. The second-order valence-electron chi connectivity index (χ2n) is 18.8. The van der Waals surface area contributed by atoms with E-state index in [9.17, 15) is 0 Å². The number of unbranched alkanes of at least 4 members (excludes halogenated alkanes) is 14. The Balaban J connectivity index is 0.860. The van der Waals surface area contributed by atoms with Crippen molar-refractivity contribution in [2.45, 2.75) is 244 Å². The first-order chi connectivity index (χ1) is 23.6. The molecule has 0 atom stereocenters. The van der Waals surface area contributed by atoms with E-state index in [2.05, 4.69) is 13.8 Å². The van der Waals surface area contributed by atoms with Gasteiger partial charge in [0.25, 0.3) is 0 Å². The van der Waals surface area contributed by atoms with E-state index in [0.29, 0.717) is 12.2 Å². The second kappa shape index (κ2) is 21.4. The van der Waals surface area contributed by atoms with Crippen LogP contribution >= 0.6 is 0 Å². The maximum absolute atomic E-state index is 6.37. The Bertz CT molecular complexity index is 728. The molecule has 5 aliphatic rings. The quantitative estimate of drug-likeness (QED) is 0.107. The molecule has 5 rings (SSSR count). The second-order valence-corrected chi connectivity index (χ2v) is 18.8. The van der Waals surface area contributed by atoms with Crippen molar-refractivity contribution in [2.24, 2.45) is 34.5 Å². The van der Waals surface area contributed by atoms with E-state index < -0.39 is 0 Å². The zero-order valence-electron chi connectivity index (χ0n) is 32.7. The molecule has 0 unspecified atom stereocenters. The van der Waals surface area contributed by atoms with E-state index in [-0.39, 0.29) is 0 Å². The standard InChI is InChI=1S/C46H84O2/c1-3-5-7-9-11-13-15-17-35-47-43-23-19-39(20-24-43)41-27-31-45(32-28-41)37-46(38-45)33-29-42(30-34-46)40-21-25-44(26-22-40)48-36-18-16-14-12-10-8-6-4-2/h39-44H,3-38H2,1-2H3/t39-,40-,41?,42?,43-,44-,45?,46?. The van der Waals surface area contributed by atoms with Crippen LogP contribution in [0.25, 0.3) is 0 Å². The Kier molecular flexibility index (Phi) is 17.5. The average molecular weight is 669 g/mol. The molecule has 0 radical (unpaired) electrons. The van der Waals surface area contributed by atoms with Gasteiger partial charge in [-0.05, 0) is 163 Å². The van der Waals surface area contributed by atoms with E-state index in [4.69, 9.17) is 9.47 Å². The molecule has 0 amide bonds. The molecule has 0 heterocycles. The van der Waals surface area contributed by atoms with E-state index in [1.54, 1.807) is 64.2 Å². The fourth-order valence-corrected chi connectivity index (χ4v) is 12.1. The molecule has 5 saturated carbocycles. The molecule has 2 spiro atoms. The van der Waals surface area contributed by atoms with Crippen molar-refractivity contribution in [1.29, 1.82) is 0 Å². The first-order valence-electron chi connectivity index (χ1n) is 22.9. The highest BCUT2D eigenvalue weighted by Gasteiger charge is 2.56. The third-order valence-corrected chi connectivity index (χ3v) is 15.2. The molecule has 48 heavy (non-hydrogen) atoms. The molecular weight excluding hydrogens is 585 g/mol. The minimum absolute atomic E-state index is 0.579. The maximum atomic E-state index is 6.37. The summed E-state index contributed by atoms with van der Waals surface area (Å²) >= 11 is 0. The van der Waals surface area contributed by atoms with Crippen molar-refractivity contribution in [3.63, 3.8) is 0 Å². The monoisotopic (exact) mass is 669 g/mol. The van der Waals surface area contributed by atoms with Crippen LogP contribution in [-0.4, -0.2) is 25.4 Å². The minimum atomic E-state index is 0.579. The molecule has 0 aromatic heterocycles. The first kappa shape index (κ1) is 39.1. The SMILES string of the molecule is CCCCCCCCCCO[C@H]1CC[C@H](C2CCC3(CC2)CC2(CCC([C@H]4CC[C@H](OCCCCCCCCCC)CC4)CC2)C3)CC1. The summed E-state index contributed by atoms with van der Waals surface area (Å²) in [6.07, 6.45) is 50.5. The Morgan fingerprint density at radius 3 is 0.979 bits per heavy atom. The normalized spacial score (nSPS) is 35.6. The van der Waals surface area contributed by atoms with Gasteiger partial charge < -0.3 is 9.47 Å². The van der Waals surface area contributed by atoms with Crippen LogP contribution < -0.4 is 0 Å². The first-order valence-corrected chi connectivity index (χ1v) is 22.9. The Labute approximate surface area is 300 Å². The Morgan fingerprint density at radius 1 is 0.354 bits per heavy atom. The molecule has 280 valence electrons. The summed E-state index contributed by atoms with van der Waals surface area (Å²) in [6, 6.07) is 0. The molecule has 0 N–H and O–H groups in total. The van der Waals surface area contributed by atoms with Crippen molar-refractivity contribution >= 4 is 0 Å². The lowest BCUT2D eigenvalue weighted by Gasteiger charge is -2.62. The minimum Gasteiger partial charge on any atom is -0.378 e. The van der Waals surface area contributed by atoms with Crippen molar-refractivity contribution in [2.75, 3.05) is 13.2 Å². The molecule has 0 aliphatic heterocycles. The van der Waals surface area contributed by atoms with Crippen molar-refractivity contribution in [3.05, 3.63) is 0 Å². The Hall–Kier alpha value is -0.0800. The fraction of sp³-hybridized carbons (Fsp3) is 1.00. The highest BCUT2D eigenvalue weighted by atomic mass is 16.5. The summed E-state index contributed by atoms with van der Waals surface area (Å²) in [5, 5.41) is 0. The third-order valence-electron chi connectivity index (χ3n) is 15.2. The molecule has 0 bridgehead atoms. The molecule has 2 nitrogen and oxygen atoms in total. The van der Waals surface area contributed by atoms with Crippen LogP contribution in [0.2, 0.25) is 0 Å². The average Bonchev–Trinajstić information content (AvgIpc) is 3.11. The lowest BCUT2D eigenvalue weighted by atomic mass is 9.43. The van der Waals surface area contributed by atoms with E-state index >= 15 is 0 Å². The van der Waals surface area contributed by atoms with Crippen LogP contribution in [0.15, 0.2) is 0 Å². The number of hydrogen-bond acceptors (Lipinski definition) is 2. The van der Waals surface area contributed by atoms with Gasteiger partial charge in [0.2, 0.25) is 0 Å². The van der Waals surface area contributed by atoms with Crippen LogP contribution in [0.3, 0.4) is 0 Å². The van der Waals surface area contributed by atoms with Gasteiger partial charge in [0.15, 0.2) is 0 Å². The van der Waals surface area contributed by atoms with Gasteiger partial charge in [-0.3, -0.25) is 0 Å². The van der Waals surface area contributed by atoms with Crippen molar-refractivity contribution in [3.8, 4) is 0 Å². The molecule has 2 heteroatoms. The predicted molar refractivity (Wildman–Crippen MR) is 207 cm³/mol. The van der Waals surface area contributed by atoms with Crippen molar-refractivity contribution in [1.82, 2.24) is 0 Å². The van der Waals surface area contributed by atoms with Gasteiger partial charge in [-0.1, -0.05) is 104 Å². The van der Waals surface area contributed by atoms with Gasteiger partial charge in [0.05, 0.1) is 12.2 Å². The van der Waals surface area contributed by atoms with Gasteiger partial charge in [-0.2, -0.15) is 0 Å². The highest BCUT2D eigenvalue weighted by Crippen LogP contribution is 2.67. The lowest BCUT2D eigenvalue weighted by molar-refractivity contribution is -0.111. The smallest absolute Gasteiger partial charge is 0.0575 e. The number of ether oxygens (including phenoxy) is 2. The predicted octanol–water partition coefficient (Wildman–Crippen LogP) is 14.6. The van der Waals surface area contributed by atoms with E-state index in [0.717, 1.165) is 47.7 Å². The van der Waals surface area contributed by atoms with Crippen LogP contribution in [-0.2, 0) is 9.47 Å². The molecule has 0 saturated heterocycles. The summed E-state index contributed by atoms with van der Waals surface area (Å²) in [5.41, 5.74) is 1.54. The van der Waals surface area contributed by atoms with E-state index in [1.165, 1.54) is 154 Å². The number of hydrogen-bond donors (Lipinski definition) is 0. The van der Waals surface area contributed by atoms with Gasteiger partial charge >= 0.3 is 0 Å². The molecule has 0 aromatic rings. The van der Waals surface area contributed by atoms with Gasteiger partial charge in [0, 0.05) is 13.2 Å². The van der Waals surface area contributed by atoms with Gasteiger partial charge in [0.1, 0.15) is 0 Å². The zero-order valence-corrected chi connectivity index (χ0v) is 32.7. The van der Waals surface area contributed by atoms with Gasteiger partial charge in [-0.25, -0.2) is 0 Å². The lowest BCUT2D eigenvalue weighted by Crippen LogP contribution is -2.50. The van der Waals surface area contributed by atoms with Crippen LogP contribution in [0.1, 0.15) is 232 Å². The largest absolute Gasteiger partial charge is 0.378 e. The van der Waals surface area contributed by atoms with Crippen LogP contribution in [0.5, 0.6) is 0 Å². The molecular formula is C46H84O2. The number of rotatable bonds is 22. The molecule has 5 fully saturated rings. The summed E-state index contributed by atoms with van der Waals surface area (Å²) < 4.78 is 12.7. The topological polar surface area (TPSA) is 18.5 Å². The summed E-state index contributed by atoms with van der Waals surface area (Å²) in [5.74, 6) is 4.10. The summed E-state index contributed by atoms with van der Waals surface area (Å²) in [7, 11) is 0. The summed E-state index contributed by atoms with van der Waals surface area (Å²) in [4.78, 5) is 0. The van der Waals surface area contributed by atoms with E-state index in [1.807, 2.05) is 0 Å². The fourth-order valence-electron chi connectivity index (χ4n) is 12.1.